The normalized spacial score (nSPS) is 34.2. The lowest BCUT2D eigenvalue weighted by molar-refractivity contribution is -0.150. The summed E-state index contributed by atoms with van der Waals surface area (Å²) in [5.74, 6) is -2.94. The maximum atomic E-state index is 13.9. The zero-order valence-corrected chi connectivity index (χ0v) is 18.4. The summed E-state index contributed by atoms with van der Waals surface area (Å²) >= 11 is 1.52. The number of carboxylic acids is 1. The van der Waals surface area contributed by atoms with Gasteiger partial charge in [-0.1, -0.05) is 13.0 Å². The molecule has 0 radical (unpaired) electrons. The van der Waals surface area contributed by atoms with Crippen LogP contribution < -0.4 is 0 Å². The van der Waals surface area contributed by atoms with Crippen LogP contribution in [0.3, 0.4) is 0 Å². The second kappa shape index (κ2) is 7.61. The number of fused-ring (bicyclic) bond motifs is 1. The molecule has 3 aliphatic rings. The molecular formula is C21H32N2O5S. The summed E-state index contributed by atoms with van der Waals surface area (Å²) in [6, 6.07) is -1.27. The third kappa shape index (κ3) is 3.19. The van der Waals surface area contributed by atoms with E-state index in [1.54, 1.807) is 11.0 Å². The molecule has 162 valence electrons. The van der Waals surface area contributed by atoms with Crippen LogP contribution in [0.25, 0.3) is 0 Å². The van der Waals surface area contributed by atoms with Gasteiger partial charge in [-0.15, -0.1) is 18.3 Å². The third-order valence-corrected chi connectivity index (χ3v) is 8.67. The highest BCUT2D eigenvalue weighted by atomic mass is 32.2. The van der Waals surface area contributed by atoms with Crippen LogP contribution in [0.4, 0.5) is 0 Å². The Morgan fingerprint density at radius 2 is 2.10 bits per heavy atom. The van der Waals surface area contributed by atoms with Crippen LogP contribution in [0.5, 0.6) is 0 Å². The number of rotatable bonds is 7. The van der Waals surface area contributed by atoms with Gasteiger partial charge in [-0.25, -0.2) is 0 Å². The maximum Gasteiger partial charge on any atom is 0.308 e. The van der Waals surface area contributed by atoms with Crippen molar-refractivity contribution < 1.29 is 24.6 Å². The van der Waals surface area contributed by atoms with E-state index in [1.165, 1.54) is 16.7 Å². The lowest BCUT2D eigenvalue weighted by atomic mass is 9.71. The van der Waals surface area contributed by atoms with Gasteiger partial charge < -0.3 is 20.0 Å². The van der Waals surface area contributed by atoms with Crippen LogP contribution in [-0.2, 0) is 14.4 Å². The smallest absolute Gasteiger partial charge is 0.308 e. The van der Waals surface area contributed by atoms with Crippen LogP contribution >= 0.6 is 11.8 Å². The molecule has 2 amide bonds. The number of aliphatic hydroxyl groups excluding tert-OH is 1. The Hall–Kier alpha value is -1.54. The SMILES string of the molecule is C=CCN(C(=O)C1N([C@@H](CC)CO)C(=O)[C@@H]2[C@@H](C(=O)O)[C@H]3CCC12S3)C(C)(C)C. The van der Waals surface area contributed by atoms with E-state index in [-0.39, 0.29) is 23.7 Å². The first-order valence-electron chi connectivity index (χ1n) is 10.3. The fourth-order valence-corrected chi connectivity index (χ4v) is 7.62. The van der Waals surface area contributed by atoms with Crippen LogP contribution in [0.1, 0.15) is 47.0 Å². The van der Waals surface area contributed by atoms with Crippen molar-refractivity contribution in [3.05, 3.63) is 12.7 Å². The van der Waals surface area contributed by atoms with Crippen molar-refractivity contribution in [2.75, 3.05) is 13.2 Å². The molecule has 2 unspecified atom stereocenters. The summed E-state index contributed by atoms with van der Waals surface area (Å²) in [5.41, 5.74) is -0.483. The summed E-state index contributed by atoms with van der Waals surface area (Å²) in [4.78, 5) is 42.7. The summed E-state index contributed by atoms with van der Waals surface area (Å²) in [6.07, 6.45) is 3.50. The molecule has 0 saturated carbocycles. The highest BCUT2D eigenvalue weighted by Gasteiger charge is 2.74. The van der Waals surface area contributed by atoms with E-state index in [4.69, 9.17) is 0 Å². The van der Waals surface area contributed by atoms with Gasteiger partial charge in [-0.05, 0) is 40.0 Å². The molecule has 3 saturated heterocycles. The molecule has 8 heteroatoms. The number of likely N-dealkylation sites (tertiary alicyclic amines) is 1. The van der Waals surface area contributed by atoms with Crippen LogP contribution in [-0.4, -0.2) is 78.6 Å². The molecule has 3 aliphatic heterocycles. The van der Waals surface area contributed by atoms with Gasteiger partial charge in [0.2, 0.25) is 11.8 Å². The summed E-state index contributed by atoms with van der Waals surface area (Å²) in [7, 11) is 0. The minimum absolute atomic E-state index is 0.143. The quantitative estimate of drug-likeness (QED) is 0.604. The Balaban J connectivity index is 2.13. The van der Waals surface area contributed by atoms with Crippen molar-refractivity contribution in [3.8, 4) is 0 Å². The van der Waals surface area contributed by atoms with Crippen molar-refractivity contribution in [3.63, 3.8) is 0 Å². The second-order valence-corrected chi connectivity index (χ2v) is 10.9. The number of hydrogen-bond donors (Lipinski definition) is 2. The topological polar surface area (TPSA) is 98.2 Å². The first kappa shape index (κ1) is 22.2. The molecule has 1 spiro atoms. The fourth-order valence-electron chi connectivity index (χ4n) is 5.43. The molecule has 2 N–H and O–H groups in total. The Labute approximate surface area is 176 Å². The van der Waals surface area contributed by atoms with E-state index in [2.05, 4.69) is 6.58 Å². The zero-order valence-electron chi connectivity index (χ0n) is 17.6. The first-order chi connectivity index (χ1) is 13.5. The van der Waals surface area contributed by atoms with Gasteiger partial charge in [0.05, 0.1) is 29.2 Å². The van der Waals surface area contributed by atoms with Crippen molar-refractivity contribution in [2.24, 2.45) is 11.8 Å². The molecule has 0 aliphatic carbocycles. The van der Waals surface area contributed by atoms with Crippen LogP contribution in [0.2, 0.25) is 0 Å². The van der Waals surface area contributed by atoms with Crippen LogP contribution in [0.15, 0.2) is 12.7 Å². The lowest BCUT2D eigenvalue weighted by Gasteiger charge is -2.43. The predicted octanol–water partition coefficient (Wildman–Crippen LogP) is 1.75. The molecule has 0 aromatic rings. The van der Waals surface area contributed by atoms with Crippen molar-refractivity contribution in [1.29, 1.82) is 0 Å². The van der Waals surface area contributed by atoms with E-state index >= 15 is 0 Å². The molecule has 6 atom stereocenters. The van der Waals surface area contributed by atoms with Gasteiger partial charge in [-0.3, -0.25) is 14.4 Å². The number of nitrogens with zero attached hydrogens (tertiary/aromatic N) is 2. The molecule has 7 nitrogen and oxygen atoms in total. The van der Waals surface area contributed by atoms with Crippen molar-refractivity contribution >= 4 is 29.5 Å². The minimum atomic E-state index is -0.966. The lowest BCUT2D eigenvalue weighted by Crippen LogP contribution is -2.60. The average molecular weight is 425 g/mol. The molecule has 3 rings (SSSR count). The van der Waals surface area contributed by atoms with E-state index in [0.29, 0.717) is 25.8 Å². The largest absolute Gasteiger partial charge is 0.481 e. The van der Waals surface area contributed by atoms with Gasteiger partial charge in [0.15, 0.2) is 0 Å². The highest BCUT2D eigenvalue weighted by molar-refractivity contribution is 8.02. The van der Waals surface area contributed by atoms with Crippen molar-refractivity contribution in [1.82, 2.24) is 9.80 Å². The number of carboxylic acid groups (broad SMARTS) is 1. The second-order valence-electron chi connectivity index (χ2n) is 9.29. The van der Waals surface area contributed by atoms with Crippen LogP contribution in [0, 0.1) is 11.8 Å². The summed E-state index contributed by atoms with van der Waals surface area (Å²) in [6.45, 7) is 11.5. The number of carbonyl (C=O) groups excluding carboxylic acids is 2. The Morgan fingerprint density at radius 1 is 1.45 bits per heavy atom. The van der Waals surface area contributed by atoms with E-state index in [9.17, 15) is 24.6 Å². The Bertz CT molecular complexity index is 716. The van der Waals surface area contributed by atoms with Gasteiger partial charge in [0.25, 0.3) is 0 Å². The molecular weight excluding hydrogens is 392 g/mol. The number of thioether (sulfide) groups is 1. The highest BCUT2D eigenvalue weighted by Crippen LogP contribution is 2.66. The van der Waals surface area contributed by atoms with E-state index < -0.39 is 40.2 Å². The molecule has 29 heavy (non-hydrogen) atoms. The standard InChI is InChI=1S/C21H32N2O5S/c1-6-10-22(20(3,4)5)18(26)16-21-9-8-13(29-21)14(19(27)28)15(21)17(25)23(16)12(7-2)11-24/h6,12-16,24H,1,7-11H2,2-5H3,(H,27,28)/t12-,13+,14-,15-,16?,21?/m0/s1. The molecule has 0 aromatic carbocycles. The van der Waals surface area contributed by atoms with E-state index in [0.717, 1.165) is 0 Å². The predicted molar refractivity (Wildman–Crippen MR) is 111 cm³/mol. The van der Waals surface area contributed by atoms with E-state index in [1.807, 2.05) is 27.7 Å². The molecule has 0 aromatic heterocycles. The number of aliphatic carboxylic acids is 1. The number of hydrogen-bond acceptors (Lipinski definition) is 5. The zero-order chi connectivity index (χ0) is 21.7. The number of aliphatic hydroxyl groups is 1. The molecule has 3 heterocycles. The van der Waals surface area contributed by atoms with Crippen molar-refractivity contribution in [2.45, 2.75) is 74.6 Å². The summed E-state index contributed by atoms with van der Waals surface area (Å²) in [5, 5.41) is 19.7. The molecule has 3 fully saturated rings. The van der Waals surface area contributed by atoms with Gasteiger partial charge >= 0.3 is 5.97 Å². The Morgan fingerprint density at radius 3 is 2.59 bits per heavy atom. The van der Waals surface area contributed by atoms with Gasteiger partial charge in [0, 0.05) is 17.3 Å². The maximum absolute atomic E-state index is 13.9. The van der Waals surface area contributed by atoms with Gasteiger partial charge in [-0.2, -0.15) is 0 Å². The fraction of sp³-hybridized carbons (Fsp3) is 0.762. The van der Waals surface area contributed by atoms with Gasteiger partial charge in [0.1, 0.15) is 6.04 Å². The molecule has 2 bridgehead atoms. The monoisotopic (exact) mass is 424 g/mol. The number of carbonyl (C=O) groups is 3. The summed E-state index contributed by atoms with van der Waals surface area (Å²) < 4.78 is -0.741. The first-order valence-corrected chi connectivity index (χ1v) is 11.2. The third-order valence-electron chi connectivity index (χ3n) is 6.72. The number of amides is 2. The minimum Gasteiger partial charge on any atom is -0.481 e. The average Bonchev–Trinajstić information content (AvgIpc) is 3.27. The Kier molecular flexibility index (Phi) is 5.82.